The minimum Gasteiger partial charge on any atom is -0.314 e. The summed E-state index contributed by atoms with van der Waals surface area (Å²) in [4.78, 5) is 0. The maximum Gasteiger partial charge on any atom is 0.127 e. The average molecular weight is 338 g/mol. The molecule has 4 aliphatic carbocycles. The van der Waals surface area contributed by atoms with E-state index in [9.17, 15) is 4.39 Å². The van der Waals surface area contributed by atoms with Gasteiger partial charge in [-0.3, -0.25) is 0 Å². The molecule has 2 unspecified atom stereocenters. The highest BCUT2D eigenvalue weighted by atomic mass is 79.9. The monoisotopic (exact) mass is 337 g/mol. The fourth-order valence-electron chi connectivity index (χ4n) is 5.77. The van der Waals surface area contributed by atoms with E-state index in [2.05, 4.69) is 28.3 Å². The predicted octanol–water partition coefficient (Wildman–Crippen LogP) is 4.40. The van der Waals surface area contributed by atoms with Crippen molar-refractivity contribution in [1.82, 2.24) is 5.32 Å². The van der Waals surface area contributed by atoms with Gasteiger partial charge in [-0.1, -0.05) is 15.9 Å². The Morgan fingerprint density at radius 3 is 2.55 bits per heavy atom. The zero-order valence-corrected chi connectivity index (χ0v) is 13.5. The Kier molecular flexibility index (Phi) is 2.85. The maximum atomic E-state index is 14.5. The second kappa shape index (κ2) is 4.30. The first-order valence-electron chi connectivity index (χ1n) is 7.69. The fraction of sp³-hybridized carbons (Fsp3) is 0.647. The first-order chi connectivity index (χ1) is 9.54. The number of halogens is 2. The van der Waals surface area contributed by atoms with E-state index in [0.29, 0.717) is 0 Å². The molecule has 0 aliphatic heterocycles. The Morgan fingerprint density at radius 1 is 1.20 bits per heavy atom. The molecule has 2 atom stereocenters. The van der Waals surface area contributed by atoms with Gasteiger partial charge in [0.15, 0.2) is 0 Å². The van der Waals surface area contributed by atoms with Gasteiger partial charge in [-0.15, -0.1) is 0 Å². The van der Waals surface area contributed by atoms with Gasteiger partial charge < -0.3 is 5.32 Å². The van der Waals surface area contributed by atoms with Crippen LogP contribution in [0.2, 0.25) is 0 Å². The molecule has 4 saturated carbocycles. The standard InChI is InChI=1S/C17H21BrFN/c1-20-17-8-11-4-12(9-17)7-16(6-11,10-17)14-5-13(18)2-3-15(14)19/h2-3,5,11-12,20H,4,6-10H2,1H3. The average Bonchev–Trinajstić information content (AvgIpc) is 2.40. The van der Waals surface area contributed by atoms with Crippen molar-refractivity contribution in [3.63, 3.8) is 0 Å². The Morgan fingerprint density at radius 2 is 1.90 bits per heavy atom. The molecule has 1 nitrogen and oxygen atoms in total. The van der Waals surface area contributed by atoms with E-state index < -0.39 is 0 Å². The molecule has 0 heterocycles. The molecule has 4 bridgehead atoms. The van der Waals surface area contributed by atoms with Crippen LogP contribution in [-0.2, 0) is 5.41 Å². The quantitative estimate of drug-likeness (QED) is 0.843. The van der Waals surface area contributed by atoms with Gasteiger partial charge in [0, 0.05) is 15.4 Å². The summed E-state index contributed by atoms with van der Waals surface area (Å²) in [5.41, 5.74) is 1.29. The van der Waals surface area contributed by atoms with Crippen molar-refractivity contribution in [2.24, 2.45) is 11.8 Å². The van der Waals surface area contributed by atoms with Crippen LogP contribution in [-0.4, -0.2) is 12.6 Å². The zero-order chi connectivity index (χ0) is 14.0. The molecular weight excluding hydrogens is 317 g/mol. The van der Waals surface area contributed by atoms with Gasteiger partial charge in [0.25, 0.3) is 0 Å². The summed E-state index contributed by atoms with van der Waals surface area (Å²) in [7, 11) is 2.10. The molecule has 0 aromatic heterocycles. The van der Waals surface area contributed by atoms with Crippen molar-refractivity contribution in [3.8, 4) is 0 Å². The molecule has 3 heteroatoms. The molecule has 0 saturated heterocycles. The fourth-order valence-corrected chi connectivity index (χ4v) is 6.14. The molecule has 4 aliphatic rings. The second-order valence-corrected chi connectivity index (χ2v) is 8.31. The van der Waals surface area contributed by atoms with Crippen molar-refractivity contribution in [2.75, 3.05) is 7.05 Å². The van der Waals surface area contributed by atoms with E-state index in [1.807, 2.05) is 12.1 Å². The van der Waals surface area contributed by atoms with Gasteiger partial charge in [0.05, 0.1) is 0 Å². The highest BCUT2D eigenvalue weighted by molar-refractivity contribution is 9.10. The van der Waals surface area contributed by atoms with Crippen LogP contribution in [0, 0.1) is 17.7 Å². The lowest BCUT2D eigenvalue weighted by molar-refractivity contribution is -0.0386. The van der Waals surface area contributed by atoms with Crippen LogP contribution in [0.3, 0.4) is 0 Å². The topological polar surface area (TPSA) is 12.0 Å². The number of rotatable bonds is 2. The van der Waals surface area contributed by atoms with Crippen molar-refractivity contribution in [2.45, 2.75) is 49.5 Å². The van der Waals surface area contributed by atoms with Crippen molar-refractivity contribution in [3.05, 3.63) is 34.1 Å². The number of hydrogen-bond acceptors (Lipinski definition) is 1. The molecule has 4 fully saturated rings. The molecule has 0 amide bonds. The lowest BCUT2D eigenvalue weighted by atomic mass is 9.45. The molecule has 108 valence electrons. The van der Waals surface area contributed by atoms with E-state index in [1.54, 1.807) is 6.07 Å². The Labute approximate surface area is 128 Å². The van der Waals surface area contributed by atoms with E-state index in [1.165, 1.54) is 32.1 Å². The summed E-state index contributed by atoms with van der Waals surface area (Å²) in [5.74, 6) is 1.55. The lowest BCUT2D eigenvalue weighted by Gasteiger charge is -2.62. The molecule has 20 heavy (non-hydrogen) atoms. The Bertz CT molecular complexity index is 542. The first-order valence-corrected chi connectivity index (χ1v) is 8.48. The molecular formula is C17H21BrFN. The molecule has 1 aromatic carbocycles. The van der Waals surface area contributed by atoms with Crippen LogP contribution in [0.25, 0.3) is 0 Å². The first kappa shape index (κ1) is 13.3. The summed E-state index contributed by atoms with van der Waals surface area (Å²) >= 11 is 3.52. The van der Waals surface area contributed by atoms with Crippen LogP contribution in [0.15, 0.2) is 22.7 Å². The molecule has 0 spiro atoms. The SMILES string of the molecule is CNC12CC3CC(C1)CC(c1cc(Br)ccc1F)(C3)C2. The molecule has 0 radical (unpaired) electrons. The van der Waals surface area contributed by atoms with Crippen molar-refractivity contribution < 1.29 is 4.39 Å². The van der Waals surface area contributed by atoms with Crippen LogP contribution in [0.1, 0.15) is 44.1 Å². The smallest absolute Gasteiger partial charge is 0.127 e. The number of nitrogens with one attached hydrogen (secondary N) is 1. The maximum absolute atomic E-state index is 14.5. The Balaban J connectivity index is 1.82. The molecule has 1 aromatic rings. The van der Waals surface area contributed by atoms with E-state index in [0.717, 1.165) is 28.3 Å². The zero-order valence-electron chi connectivity index (χ0n) is 11.9. The van der Waals surface area contributed by atoms with Crippen LogP contribution >= 0.6 is 15.9 Å². The highest BCUT2D eigenvalue weighted by Crippen LogP contribution is 2.62. The van der Waals surface area contributed by atoms with Crippen LogP contribution < -0.4 is 5.32 Å². The van der Waals surface area contributed by atoms with Gasteiger partial charge >= 0.3 is 0 Å². The molecule has 1 N–H and O–H groups in total. The van der Waals surface area contributed by atoms with E-state index in [4.69, 9.17) is 0 Å². The van der Waals surface area contributed by atoms with Crippen LogP contribution in [0.5, 0.6) is 0 Å². The van der Waals surface area contributed by atoms with Gasteiger partial charge in [-0.25, -0.2) is 4.39 Å². The normalized spacial score (nSPS) is 42.1. The van der Waals surface area contributed by atoms with E-state index in [-0.39, 0.29) is 16.8 Å². The van der Waals surface area contributed by atoms with E-state index >= 15 is 0 Å². The van der Waals surface area contributed by atoms with Gasteiger partial charge in [0.2, 0.25) is 0 Å². The third kappa shape index (κ3) is 1.82. The summed E-state index contributed by atoms with van der Waals surface area (Å²) in [6.45, 7) is 0. The highest BCUT2D eigenvalue weighted by Gasteiger charge is 2.58. The summed E-state index contributed by atoms with van der Waals surface area (Å²) in [6.07, 6.45) is 7.41. The van der Waals surface area contributed by atoms with Gasteiger partial charge in [-0.2, -0.15) is 0 Å². The minimum absolute atomic E-state index is 0.0126. The summed E-state index contributed by atoms with van der Waals surface area (Å²) < 4.78 is 15.5. The van der Waals surface area contributed by atoms with Crippen molar-refractivity contribution in [1.29, 1.82) is 0 Å². The summed E-state index contributed by atoms with van der Waals surface area (Å²) in [6, 6.07) is 5.48. The van der Waals surface area contributed by atoms with Crippen molar-refractivity contribution >= 4 is 15.9 Å². The predicted molar refractivity (Wildman–Crippen MR) is 82.3 cm³/mol. The lowest BCUT2D eigenvalue weighted by Crippen LogP contribution is -2.62. The Hall–Kier alpha value is -0.410. The molecule has 5 rings (SSSR count). The van der Waals surface area contributed by atoms with Gasteiger partial charge in [-0.05, 0) is 81.2 Å². The second-order valence-electron chi connectivity index (χ2n) is 7.40. The largest absolute Gasteiger partial charge is 0.314 e. The van der Waals surface area contributed by atoms with Crippen LogP contribution in [0.4, 0.5) is 4.39 Å². The third-order valence-corrected chi connectivity index (χ3v) is 6.58. The van der Waals surface area contributed by atoms with Gasteiger partial charge in [0.1, 0.15) is 5.82 Å². The minimum atomic E-state index is -0.0126. The number of benzene rings is 1. The summed E-state index contributed by atoms with van der Waals surface area (Å²) in [5, 5.41) is 3.60. The third-order valence-electron chi connectivity index (χ3n) is 6.09. The number of hydrogen-bond donors (Lipinski definition) is 1.